The highest BCUT2D eigenvalue weighted by atomic mass is 15.2. The Hall–Kier alpha value is -0.850. The summed E-state index contributed by atoms with van der Waals surface area (Å²) in [4.78, 5) is 11.9. The van der Waals surface area contributed by atoms with Crippen molar-refractivity contribution in [2.75, 3.05) is 66.5 Å². The van der Waals surface area contributed by atoms with E-state index in [0.717, 1.165) is 32.0 Å². The number of piperazine rings is 1. The quantitative estimate of drug-likeness (QED) is 0.330. The lowest BCUT2D eigenvalue weighted by Gasteiger charge is -2.32. The van der Waals surface area contributed by atoms with Gasteiger partial charge in [0.25, 0.3) is 0 Å². The molecule has 1 heterocycles. The van der Waals surface area contributed by atoms with Crippen LogP contribution in [-0.2, 0) is 0 Å². The summed E-state index contributed by atoms with van der Waals surface area (Å²) in [6, 6.07) is 1.21. The van der Waals surface area contributed by atoms with E-state index < -0.39 is 0 Å². The second kappa shape index (κ2) is 13.3. The number of guanidine groups is 1. The highest BCUT2D eigenvalue weighted by molar-refractivity contribution is 5.79. The van der Waals surface area contributed by atoms with Gasteiger partial charge < -0.3 is 20.4 Å². The van der Waals surface area contributed by atoms with Crippen LogP contribution in [0.3, 0.4) is 0 Å². The number of likely N-dealkylation sites (N-methyl/N-ethyl adjacent to an activating group) is 1. The monoisotopic (exact) mass is 368 g/mol. The molecular weight excluding hydrogens is 324 g/mol. The Morgan fingerprint density at radius 2 is 1.50 bits per heavy atom. The van der Waals surface area contributed by atoms with Crippen molar-refractivity contribution < 1.29 is 0 Å². The predicted molar refractivity (Wildman–Crippen MR) is 114 cm³/mol. The first-order valence-electron chi connectivity index (χ1n) is 10.5. The van der Waals surface area contributed by atoms with Crippen molar-refractivity contribution in [3.8, 4) is 0 Å². The average molecular weight is 369 g/mol. The molecule has 0 bridgehead atoms. The van der Waals surface area contributed by atoms with Crippen LogP contribution in [0.4, 0.5) is 0 Å². The van der Waals surface area contributed by atoms with E-state index in [1.54, 1.807) is 0 Å². The van der Waals surface area contributed by atoms with Gasteiger partial charge in [0, 0.05) is 64.9 Å². The minimum atomic E-state index is 0.604. The smallest absolute Gasteiger partial charge is 0.190 e. The molecule has 1 aliphatic heterocycles. The third-order valence-corrected chi connectivity index (χ3v) is 5.23. The number of unbranched alkanes of at least 4 members (excludes halogenated alkanes) is 1. The van der Waals surface area contributed by atoms with Crippen molar-refractivity contribution in [3.05, 3.63) is 0 Å². The summed E-state index contributed by atoms with van der Waals surface area (Å²) in [5, 5.41) is 6.89. The number of hydrogen-bond donors (Lipinski definition) is 2. The normalized spacial score (nSPS) is 17.5. The number of hydrogen-bond acceptors (Lipinski definition) is 4. The fourth-order valence-corrected chi connectivity index (χ4v) is 3.54. The molecule has 0 radical (unpaired) electrons. The van der Waals surface area contributed by atoms with E-state index in [0.29, 0.717) is 12.1 Å². The SMILES string of the molecule is CN=C(NCCCCN1CCN(C)CC1)NCCCN(C(C)C)C(C)C. The van der Waals surface area contributed by atoms with Crippen LogP contribution in [0.1, 0.15) is 47.0 Å². The molecule has 0 aromatic rings. The zero-order valence-corrected chi connectivity index (χ0v) is 18.2. The van der Waals surface area contributed by atoms with Crippen LogP contribution in [0.2, 0.25) is 0 Å². The summed E-state index contributed by atoms with van der Waals surface area (Å²) >= 11 is 0. The molecule has 0 spiro atoms. The van der Waals surface area contributed by atoms with Crippen LogP contribution in [-0.4, -0.2) is 99.2 Å². The Labute approximate surface area is 162 Å². The number of nitrogens with zero attached hydrogens (tertiary/aromatic N) is 4. The number of aliphatic imine (C=N–C) groups is 1. The molecular formula is C20H44N6. The first kappa shape index (κ1) is 23.2. The Morgan fingerprint density at radius 3 is 2.04 bits per heavy atom. The summed E-state index contributed by atoms with van der Waals surface area (Å²) in [6.07, 6.45) is 3.59. The van der Waals surface area contributed by atoms with Gasteiger partial charge in [-0.2, -0.15) is 0 Å². The zero-order valence-electron chi connectivity index (χ0n) is 18.2. The van der Waals surface area contributed by atoms with E-state index >= 15 is 0 Å². The molecule has 1 rings (SSSR count). The highest BCUT2D eigenvalue weighted by Gasteiger charge is 2.13. The van der Waals surface area contributed by atoms with Gasteiger partial charge in [0.05, 0.1) is 0 Å². The number of nitrogens with one attached hydrogen (secondary N) is 2. The fourth-order valence-electron chi connectivity index (χ4n) is 3.54. The molecule has 0 aliphatic carbocycles. The first-order valence-corrected chi connectivity index (χ1v) is 10.5. The minimum Gasteiger partial charge on any atom is -0.356 e. The molecule has 0 amide bonds. The van der Waals surface area contributed by atoms with Gasteiger partial charge in [-0.05, 0) is 60.5 Å². The molecule has 1 fully saturated rings. The van der Waals surface area contributed by atoms with Gasteiger partial charge in [0.1, 0.15) is 0 Å². The van der Waals surface area contributed by atoms with Crippen LogP contribution in [0.25, 0.3) is 0 Å². The van der Waals surface area contributed by atoms with Crippen molar-refractivity contribution in [3.63, 3.8) is 0 Å². The highest BCUT2D eigenvalue weighted by Crippen LogP contribution is 2.05. The maximum absolute atomic E-state index is 4.34. The zero-order chi connectivity index (χ0) is 19.4. The van der Waals surface area contributed by atoms with E-state index in [9.17, 15) is 0 Å². The Morgan fingerprint density at radius 1 is 0.923 bits per heavy atom. The largest absolute Gasteiger partial charge is 0.356 e. The lowest BCUT2D eigenvalue weighted by Crippen LogP contribution is -2.44. The van der Waals surface area contributed by atoms with Crippen molar-refractivity contribution in [1.82, 2.24) is 25.3 Å². The predicted octanol–water partition coefficient (Wildman–Crippen LogP) is 1.69. The fraction of sp³-hybridized carbons (Fsp3) is 0.950. The van der Waals surface area contributed by atoms with Crippen LogP contribution >= 0.6 is 0 Å². The van der Waals surface area contributed by atoms with E-state index in [-0.39, 0.29) is 0 Å². The second-order valence-electron chi connectivity index (χ2n) is 8.06. The summed E-state index contributed by atoms with van der Waals surface area (Å²) in [5.41, 5.74) is 0. The topological polar surface area (TPSA) is 46.1 Å². The van der Waals surface area contributed by atoms with Crippen molar-refractivity contribution >= 4 is 5.96 Å². The summed E-state index contributed by atoms with van der Waals surface area (Å²) < 4.78 is 0. The van der Waals surface area contributed by atoms with Gasteiger partial charge >= 0.3 is 0 Å². The van der Waals surface area contributed by atoms with Crippen LogP contribution < -0.4 is 10.6 Å². The lowest BCUT2D eigenvalue weighted by molar-refractivity contribution is 0.152. The van der Waals surface area contributed by atoms with E-state index in [1.807, 2.05) is 7.05 Å². The van der Waals surface area contributed by atoms with Crippen LogP contribution in [0.5, 0.6) is 0 Å². The molecule has 0 unspecified atom stereocenters. The second-order valence-corrected chi connectivity index (χ2v) is 8.06. The average Bonchev–Trinajstić information content (AvgIpc) is 2.60. The van der Waals surface area contributed by atoms with Gasteiger partial charge in [-0.1, -0.05) is 0 Å². The summed E-state index contributed by atoms with van der Waals surface area (Å²) in [7, 11) is 4.07. The first-order chi connectivity index (χ1) is 12.4. The third-order valence-electron chi connectivity index (χ3n) is 5.23. The molecule has 1 saturated heterocycles. The van der Waals surface area contributed by atoms with Gasteiger partial charge in [-0.3, -0.25) is 9.89 Å². The molecule has 0 aromatic heterocycles. The molecule has 6 heteroatoms. The third kappa shape index (κ3) is 9.74. The summed E-state index contributed by atoms with van der Waals surface area (Å²) in [6.45, 7) is 18.3. The molecule has 2 N–H and O–H groups in total. The maximum atomic E-state index is 4.34. The molecule has 0 saturated carbocycles. The molecule has 0 aromatic carbocycles. The van der Waals surface area contributed by atoms with Crippen molar-refractivity contribution in [2.45, 2.75) is 59.0 Å². The minimum absolute atomic E-state index is 0.604. The summed E-state index contributed by atoms with van der Waals surface area (Å²) in [5.74, 6) is 0.935. The van der Waals surface area contributed by atoms with Gasteiger partial charge in [-0.15, -0.1) is 0 Å². The van der Waals surface area contributed by atoms with E-state index in [2.05, 4.69) is 65.1 Å². The Bertz CT molecular complexity index is 366. The Balaban J connectivity index is 2.06. The van der Waals surface area contributed by atoms with Crippen molar-refractivity contribution in [1.29, 1.82) is 0 Å². The lowest BCUT2D eigenvalue weighted by atomic mass is 10.2. The number of rotatable bonds is 11. The van der Waals surface area contributed by atoms with Gasteiger partial charge in [-0.25, -0.2) is 0 Å². The van der Waals surface area contributed by atoms with Crippen LogP contribution in [0.15, 0.2) is 4.99 Å². The van der Waals surface area contributed by atoms with Gasteiger partial charge in [0.2, 0.25) is 0 Å². The van der Waals surface area contributed by atoms with Crippen molar-refractivity contribution in [2.24, 2.45) is 4.99 Å². The van der Waals surface area contributed by atoms with Gasteiger partial charge in [0.15, 0.2) is 5.96 Å². The molecule has 154 valence electrons. The molecule has 6 nitrogen and oxygen atoms in total. The molecule has 26 heavy (non-hydrogen) atoms. The maximum Gasteiger partial charge on any atom is 0.190 e. The molecule has 0 atom stereocenters. The Kier molecular flexibility index (Phi) is 11.9. The standard InChI is InChI=1S/C20H44N6/c1-18(2)26(19(3)4)13-9-11-23-20(21-5)22-10-7-8-12-25-16-14-24(6)15-17-25/h18-19H,7-17H2,1-6H3,(H2,21,22,23). The van der Waals surface area contributed by atoms with Crippen LogP contribution in [0, 0.1) is 0 Å². The van der Waals surface area contributed by atoms with E-state index in [1.165, 1.54) is 45.6 Å². The van der Waals surface area contributed by atoms with E-state index in [4.69, 9.17) is 0 Å². The molecule has 1 aliphatic rings.